The largest absolute Gasteiger partial charge is 0.507 e. The number of phenols is 1. The summed E-state index contributed by atoms with van der Waals surface area (Å²) in [6.45, 7) is 3.72. The molecule has 0 aliphatic rings. The lowest BCUT2D eigenvalue weighted by Crippen LogP contribution is -2.26. The zero-order valence-electron chi connectivity index (χ0n) is 13.3. The maximum Gasteiger partial charge on any atom is 0.259 e. The van der Waals surface area contributed by atoms with E-state index in [0.717, 1.165) is 20.2 Å². The van der Waals surface area contributed by atoms with Crippen LogP contribution in [0.15, 0.2) is 63.1 Å². The number of hydrogen-bond donors (Lipinski definition) is 3. The highest BCUT2D eigenvalue weighted by molar-refractivity contribution is 9.11. The van der Waals surface area contributed by atoms with Crippen molar-refractivity contribution in [2.24, 2.45) is 5.10 Å². The molecule has 5 nitrogen and oxygen atoms in total. The Balaban J connectivity index is 1.90. The van der Waals surface area contributed by atoms with Gasteiger partial charge in [-0.3, -0.25) is 4.79 Å². The van der Waals surface area contributed by atoms with Crippen molar-refractivity contribution in [3.8, 4) is 5.75 Å². The third-order valence-corrected chi connectivity index (χ3v) is 4.43. The second-order valence-corrected chi connectivity index (χ2v) is 6.89. The number of para-hydroxylation sites is 1. The van der Waals surface area contributed by atoms with Crippen molar-refractivity contribution in [3.63, 3.8) is 0 Å². The first-order chi connectivity index (χ1) is 12.0. The first-order valence-corrected chi connectivity index (χ1v) is 9.02. The molecule has 7 heteroatoms. The van der Waals surface area contributed by atoms with E-state index in [1.54, 1.807) is 12.1 Å². The number of benzene rings is 2. The monoisotopic (exact) mass is 465 g/mol. The molecular formula is C18H17Br2N3O2. The Morgan fingerprint density at radius 1 is 1.28 bits per heavy atom. The Kier molecular flexibility index (Phi) is 7.21. The zero-order valence-corrected chi connectivity index (χ0v) is 16.5. The van der Waals surface area contributed by atoms with Gasteiger partial charge in [-0.2, -0.15) is 5.10 Å². The zero-order chi connectivity index (χ0) is 18.2. The summed E-state index contributed by atoms with van der Waals surface area (Å²) in [5.74, 6) is -0.162. The standard InChI is InChI=1S/C18H17Br2N3O2/c1-2-4-12-5-3-6-13(18(12)25)10-22-23-17(24)11-21-16-8-7-14(19)9-15(16)20/h2-3,5-10,21,25H,1,4,11H2,(H,23,24)/b22-10+. The smallest absolute Gasteiger partial charge is 0.259 e. The van der Waals surface area contributed by atoms with Gasteiger partial charge in [-0.05, 0) is 52.2 Å². The number of carbonyl (C=O) groups excluding carboxylic acids is 1. The minimum atomic E-state index is -0.298. The molecule has 0 aromatic heterocycles. The molecule has 2 aromatic rings. The molecule has 130 valence electrons. The van der Waals surface area contributed by atoms with E-state index in [9.17, 15) is 9.90 Å². The molecule has 0 radical (unpaired) electrons. The first kappa shape index (κ1) is 19.2. The molecule has 0 atom stereocenters. The summed E-state index contributed by atoms with van der Waals surface area (Å²) < 4.78 is 1.79. The van der Waals surface area contributed by atoms with Crippen LogP contribution in [0.25, 0.3) is 0 Å². The van der Waals surface area contributed by atoms with Crippen LogP contribution in [0.2, 0.25) is 0 Å². The van der Waals surface area contributed by atoms with Crippen molar-refractivity contribution >= 4 is 49.7 Å². The molecule has 3 N–H and O–H groups in total. The number of nitrogens with one attached hydrogen (secondary N) is 2. The number of hydrazone groups is 1. The van der Waals surface area contributed by atoms with E-state index < -0.39 is 0 Å². The van der Waals surface area contributed by atoms with Crippen LogP contribution in [-0.4, -0.2) is 23.8 Å². The van der Waals surface area contributed by atoms with Crippen LogP contribution < -0.4 is 10.7 Å². The van der Waals surface area contributed by atoms with Crippen molar-refractivity contribution < 1.29 is 9.90 Å². The van der Waals surface area contributed by atoms with Gasteiger partial charge in [-0.15, -0.1) is 6.58 Å². The lowest BCUT2D eigenvalue weighted by atomic mass is 10.1. The van der Waals surface area contributed by atoms with E-state index >= 15 is 0 Å². The number of amides is 1. The first-order valence-electron chi connectivity index (χ1n) is 7.44. The van der Waals surface area contributed by atoms with Crippen LogP contribution >= 0.6 is 31.9 Å². The Morgan fingerprint density at radius 2 is 2.08 bits per heavy atom. The van der Waals surface area contributed by atoms with E-state index in [-0.39, 0.29) is 18.2 Å². The molecule has 0 heterocycles. The number of nitrogens with zero attached hydrogens (tertiary/aromatic N) is 1. The predicted molar refractivity (Wildman–Crippen MR) is 108 cm³/mol. The molecule has 0 aliphatic heterocycles. The Hall–Kier alpha value is -2.12. The third-order valence-electron chi connectivity index (χ3n) is 3.28. The second kappa shape index (κ2) is 9.39. The molecule has 2 rings (SSSR count). The van der Waals surface area contributed by atoms with Crippen LogP contribution in [0.4, 0.5) is 5.69 Å². The average molecular weight is 467 g/mol. The molecule has 1 amide bonds. The molecule has 0 saturated heterocycles. The maximum absolute atomic E-state index is 11.9. The topological polar surface area (TPSA) is 73.7 Å². The summed E-state index contributed by atoms with van der Waals surface area (Å²) in [5, 5.41) is 17.0. The maximum atomic E-state index is 11.9. The molecule has 2 aromatic carbocycles. The highest BCUT2D eigenvalue weighted by Crippen LogP contribution is 2.25. The van der Waals surface area contributed by atoms with Gasteiger partial charge in [-0.1, -0.05) is 34.1 Å². The average Bonchev–Trinajstić information content (AvgIpc) is 2.57. The highest BCUT2D eigenvalue weighted by Gasteiger charge is 2.05. The molecule has 0 unspecified atom stereocenters. The summed E-state index contributed by atoms with van der Waals surface area (Å²) in [7, 11) is 0. The van der Waals surface area contributed by atoms with Crippen molar-refractivity contribution in [3.05, 3.63) is 69.1 Å². The molecule has 25 heavy (non-hydrogen) atoms. The number of aromatic hydroxyl groups is 1. The fourth-order valence-corrected chi connectivity index (χ4v) is 3.24. The number of allylic oxidation sites excluding steroid dienone is 1. The van der Waals surface area contributed by atoms with Gasteiger partial charge >= 0.3 is 0 Å². The molecule has 0 spiro atoms. The van der Waals surface area contributed by atoms with Gasteiger partial charge < -0.3 is 10.4 Å². The Morgan fingerprint density at radius 3 is 2.80 bits per heavy atom. The van der Waals surface area contributed by atoms with E-state index in [0.29, 0.717) is 12.0 Å². The quantitative estimate of drug-likeness (QED) is 0.325. The van der Waals surface area contributed by atoms with Crippen LogP contribution in [0.1, 0.15) is 11.1 Å². The van der Waals surface area contributed by atoms with Gasteiger partial charge in [0.15, 0.2) is 0 Å². The highest BCUT2D eigenvalue weighted by atomic mass is 79.9. The van der Waals surface area contributed by atoms with Crippen LogP contribution in [-0.2, 0) is 11.2 Å². The minimum Gasteiger partial charge on any atom is -0.507 e. The fraction of sp³-hybridized carbons (Fsp3) is 0.111. The second-order valence-electron chi connectivity index (χ2n) is 5.12. The van der Waals surface area contributed by atoms with Crippen LogP contribution in [0, 0.1) is 0 Å². The summed E-state index contributed by atoms with van der Waals surface area (Å²) in [5.41, 5.74) is 4.51. The van der Waals surface area contributed by atoms with E-state index in [1.807, 2.05) is 30.3 Å². The van der Waals surface area contributed by atoms with Gasteiger partial charge in [0, 0.05) is 20.2 Å². The van der Waals surface area contributed by atoms with E-state index in [4.69, 9.17) is 0 Å². The van der Waals surface area contributed by atoms with E-state index in [1.165, 1.54) is 6.21 Å². The molecule has 0 aliphatic carbocycles. The minimum absolute atomic E-state index is 0.0695. The third kappa shape index (κ3) is 5.72. The SMILES string of the molecule is C=CCc1cccc(/C=N/NC(=O)CNc2ccc(Br)cc2Br)c1O. The number of anilines is 1. The number of halogens is 2. The fourth-order valence-electron chi connectivity index (χ4n) is 2.06. The number of hydrogen-bond acceptors (Lipinski definition) is 4. The number of carbonyl (C=O) groups is 1. The van der Waals surface area contributed by atoms with Gasteiger partial charge in [-0.25, -0.2) is 5.43 Å². The van der Waals surface area contributed by atoms with Crippen LogP contribution in [0.5, 0.6) is 5.75 Å². The van der Waals surface area contributed by atoms with Crippen molar-refractivity contribution in [1.82, 2.24) is 5.43 Å². The van der Waals surface area contributed by atoms with Gasteiger partial charge in [0.1, 0.15) is 5.75 Å². The number of phenolic OH excluding ortho intramolecular Hbond substituents is 1. The van der Waals surface area contributed by atoms with Crippen molar-refractivity contribution in [2.45, 2.75) is 6.42 Å². The van der Waals surface area contributed by atoms with Crippen molar-refractivity contribution in [2.75, 3.05) is 11.9 Å². The molecular weight excluding hydrogens is 450 g/mol. The van der Waals surface area contributed by atoms with Gasteiger partial charge in [0.25, 0.3) is 5.91 Å². The Labute approximate surface area is 163 Å². The summed E-state index contributed by atoms with van der Waals surface area (Å²) >= 11 is 6.79. The predicted octanol–water partition coefficient (Wildman–Crippen LogP) is 4.21. The summed E-state index contributed by atoms with van der Waals surface area (Å²) in [4.78, 5) is 11.9. The molecule has 0 bridgehead atoms. The molecule has 0 saturated carbocycles. The van der Waals surface area contributed by atoms with Crippen molar-refractivity contribution in [1.29, 1.82) is 0 Å². The Bertz CT molecular complexity index is 807. The summed E-state index contributed by atoms with van der Waals surface area (Å²) in [6.07, 6.45) is 3.69. The van der Waals surface area contributed by atoms with Crippen LogP contribution in [0.3, 0.4) is 0 Å². The lowest BCUT2D eigenvalue weighted by molar-refractivity contribution is -0.119. The normalized spacial score (nSPS) is 10.6. The van der Waals surface area contributed by atoms with E-state index in [2.05, 4.69) is 54.3 Å². The van der Waals surface area contributed by atoms with Gasteiger partial charge in [0.2, 0.25) is 0 Å². The number of rotatable bonds is 7. The van der Waals surface area contributed by atoms with Gasteiger partial charge in [0.05, 0.1) is 12.8 Å². The lowest BCUT2D eigenvalue weighted by Gasteiger charge is -2.08. The molecule has 0 fully saturated rings. The summed E-state index contributed by atoms with van der Waals surface area (Å²) in [6, 6.07) is 11.0.